The molecule has 1 fully saturated rings. The first-order valence-corrected chi connectivity index (χ1v) is 6.83. The van der Waals surface area contributed by atoms with Crippen molar-refractivity contribution in [1.29, 1.82) is 0 Å². The number of benzene rings is 1. The van der Waals surface area contributed by atoms with Crippen LogP contribution in [0.5, 0.6) is 5.75 Å². The van der Waals surface area contributed by atoms with E-state index in [1.54, 1.807) is 11.8 Å². The largest absolute Gasteiger partial charge is 0.497 e. The van der Waals surface area contributed by atoms with Crippen LogP contribution in [0.15, 0.2) is 24.3 Å². The number of methoxy groups -OCH3 is 1. The quantitative estimate of drug-likeness (QED) is 0.871. The molecule has 0 saturated heterocycles. The molecule has 1 unspecified atom stereocenters. The van der Waals surface area contributed by atoms with Gasteiger partial charge < -0.3 is 9.84 Å². The first-order valence-electron chi connectivity index (χ1n) is 6.83. The van der Waals surface area contributed by atoms with Gasteiger partial charge in [0.2, 0.25) is 0 Å². The van der Waals surface area contributed by atoms with Crippen LogP contribution in [-0.4, -0.2) is 38.4 Å². The fourth-order valence-corrected chi connectivity index (χ4v) is 2.46. The highest BCUT2D eigenvalue weighted by Gasteiger charge is 2.36. The van der Waals surface area contributed by atoms with Gasteiger partial charge in [0.05, 0.1) is 19.6 Å². The van der Waals surface area contributed by atoms with Gasteiger partial charge in [0.15, 0.2) is 5.82 Å². The van der Waals surface area contributed by atoms with Gasteiger partial charge >= 0.3 is 5.97 Å². The van der Waals surface area contributed by atoms with Gasteiger partial charge in [-0.3, -0.25) is 4.79 Å². The smallest absolute Gasteiger partial charge is 0.305 e. The number of carboxylic acid groups (broad SMARTS) is 1. The second kappa shape index (κ2) is 5.51. The average Bonchev–Trinajstić information content (AvgIpc) is 3.21. The number of hydrogen-bond acceptors (Lipinski definition) is 5. The molecule has 0 radical (unpaired) electrons. The van der Waals surface area contributed by atoms with Crippen LogP contribution in [0, 0.1) is 5.92 Å². The average molecular weight is 288 g/mol. The Hall–Kier alpha value is -2.44. The molecule has 1 aliphatic rings. The van der Waals surface area contributed by atoms with E-state index in [0.29, 0.717) is 11.7 Å². The molecule has 1 N–H and O–H groups in total. The molecule has 110 valence electrons. The first kappa shape index (κ1) is 13.5. The molecule has 1 saturated carbocycles. The molecular weight excluding hydrogens is 272 g/mol. The van der Waals surface area contributed by atoms with Crippen molar-refractivity contribution in [1.82, 2.24) is 20.2 Å². The van der Waals surface area contributed by atoms with Crippen molar-refractivity contribution in [3.05, 3.63) is 24.3 Å². The normalized spacial score (nSPS) is 15.7. The number of carbonyl (C=O) groups is 1. The standard InChI is InChI=1S/C14H16N4O3/c1-21-11-6-4-10(5-7-11)14-15-16-17-18(14)12(8-13(19)20)9-2-3-9/h4-7,9,12H,2-3,8H2,1H3,(H,19,20). The summed E-state index contributed by atoms with van der Waals surface area (Å²) in [5.74, 6) is 0.863. The van der Waals surface area contributed by atoms with E-state index in [0.717, 1.165) is 24.2 Å². The fraction of sp³-hybridized carbons (Fsp3) is 0.429. The number of aromatic nitrogens is 4. The number of aliphatic carboxylic acids is 1. The molecule has 7 nitrogen and oxygen atoms in total. The summed E-state index contributed by atoms with van der Waals surface area (Å²) in [4.78, 5) is 11.1. The lowest BCUT2D eigenvalue weighted by Gasteiger charge is -2.15. The van der Waals surface area contributed by atoms with Crippen LogP contribution < -0.4 is 4.74 Å². The molecule has 1 atom stereocenters. The molecule has 1 aliphatic carbocycles. The topological polar surface area (TPSA) is 90.1 Å². The summed E-state index contributed by atoms with van der Waals surface area (Å²) >= 11 is 0. The van der Waals surface area contributed by atoms with Crippen LogP contribution in [0.2, 0.25) is 0 Å². The van der Waals surface area contributed by atoms with Crippen LogP contribution in [-0.2, 0) is 4.79 Å². The Morgan fingerprint density at radius 2 is 2.14 bits per heavy atom. The summed E-state index contributed by atoms with van der Waals surface area (Å²) in [6, 6.07) is 7.21. The second-order valence-electron chi connectivity index (χ2n) is 5.18. The molecule has 7 heteroatoms. The summed E-state index contributed by atoms with van der Waals surface area (Å²) in [7, 11) is 1.61. The van der Waals surface area contributed by atoms with Crippen molar-refractivity contribution < 1.29 is 14.6 Å². The third-order valence-electron chi connectivity index (χ3n) is 3.71. The predicted octanol–water partition coefficient (Wildman–Crippen LogP) is 1.77. The van der Waals surface area contributed by atoms with Crippen molar-refractivity contribution >= 4 is 5.97 Å². The summed E-state index contributed by atoms with van der Waals surface area (Å²) in [5, 5.41) is 20.9. The van der Waals surface area contributed by atoms with Gasteiger partial charge in [0, 0.05) is 5.56 Å². The van der Waals surface area contributed by atoms with Crippen LogP contribution in [0.4, 0.5) is 0 Å². The van der Waals surface area contributed by atoms with Crippen LogP contribution in [0.1, 0.15) is 25.3 Å². The van der Waals surface area contributed by atoms with E-state index in [9.17, 15) is 4.79 Å². The Morgan fingerprint density at radius 1 is 1.43 bits per heavy atom. The number of rotatable bonds is 6. The summed E-state index contributed by atoms with van der Waals surface area (Å²) in [6.07, 6.45) is 2.10. The molecular formula is C14H16N4O3. The Bertz CT molecular complexity index is 634. The second-order valence-corrected chi connectivity index (χ2v) is 5.18. The van der Waals surface area contributed by atoms with E-state index in [4.69, 9.17) is 9.84 Å². The number of carboxylic acids is 1. The minimum absolute atomic E-state index is 0.0405. The van der Waals surface area contributed by atoms with Crippen molar-refractivity contribution in [2.75, 3.05) is 7.11 Å². The van der Waals surface area contributed by atoms with E-state index >= 15 is 0 Å². The third kappa shape index (κ3) is 2.86. The van der Waals surface area contributed by atoms with E-state index in [2.05, 4.69) is 15.5 Å². The molecule has 0 amide bonds. The van der Waals surface area contributed by atoms with Crippen LogP contribution in [0.25, 0.3) is 11.4 Å². The number of nitrogens with zero attached hydrogens (tertiary/aromatic N) is 4. The Labute approximate surface area is 121 Å². The lowest BCUT2D eigenvalue weighted by Crippen LogP contribution is -2.18. The zero-order chi connectivity index (χ0) is 14.8. The maximum absolute atomic E-state index is 11.1. The van der Waals surface area contributed by atoms with Gasteiger partial charge in [-0.2, -0.15) is 0 Å². The van der Waals surface area contributed by atoms with Crippen molar-refractivity contribution in [3.8, 4) is 17.1 Å². The lowest BCUT2D eigenvalue weighted by atomic mass is 10.1. The zero-order valence-electron chi connectivity index (χ0n) is 11.6. The van der Waals surface area contributed by atoms with Gasteiger partial charge in [-0.05, 0) is 53.5 Å². The Kier molecular flexibility index (Phi) is 3.55. The van der Waals surface area contributed by atoms with Gasteiger partial charge in [-0.15, -0.1) is 5.10 Å². The van der Waals surface area contributed by atoms with Gasteiger partial charge in [-0.25, -0.2) is 4.68 Å². The molecule has 1 aromatic carbocycles. The minimum atomic E-state index is -0.830. The van der Waals surface area contributed by atoms with Crippen molar-refractivity contribution in [3.63, 3.8) is 0 Å². The molecule has 21 heavy (non-hydrogen) atoms. The number of tetrazole rings is 1. The fourth-order valence-electron chi connectivity index (χ4n) is 2.46. The van der Waals surface area contributed by atoms with Crippen molar-refractivity contribution in [2.24, 2.45) is 5.92 Å². The zero-order valence-corrected chi connectivity index (χ0v) is 11.6. The summed E-state index contributed by atoms with van der Waals surface area (Å²) < 4.78 is 6.78. The van der Waals surface area contributed by atoms with E-state index < -0.39 is 5.97 Å². The SMILES string of the molecule is COc1ccc(-c2nnnn2C(CC(=O)O)C2CC2)cc1. The first-order chi connectivity index (χ1) is 10.2. The minimum Gasteiger partial charge on any atom is -0.497 e. The summed E-state index contributed by atoms with van der Waals surface area (Å²) in [6.45, 7) is 0. The van der Waals surface area contributed by atoms with Gasteiger partial charge in [0.1, 0.15) is 5.75 Å². The highest BCUT2D eigenvalue weighted by molar-refractivity contribution is 5.67. The van der Waals surface area contributed by atoms with Gasteiger partial charge in [-0.1, -0.05) is 0 Å². The van der Waals surface area contributed by atoms with Crippen LogP contribution in [0.3, 0.4) is 0 Å². The van der Waals surface area contributed by atoms with E-state index in [1.165, 1.54) is 0 Å². The molecule has 1 heterocycles. The van der Waals surface area contributed by atoms with E-state index in [1.807, 2.05) is 24.3 Å². The molecule has 0 spiro atoms. The number of hydrogen-bond donors (Lipinski definition) is 1. The predicted molar refractivity (Wildman–Crippen MR) is 73.8 cm³/mol. The molecule has 1 aromatic heterocycles. The highest BCUT2D eigenvalue weighted by Crippen LogP contribution is 2.42. The molecule has 2 aromatic rings. The third-order valence-corrected chi connectivity index (χ3v) is 3.71. The summed E-state index contributed by atoms with van der Waals surface area (Å²) in [5.41, 5.74) is 0.844. The van der Waals surface area contributed by atoms with Gasteiger partial charge in [0.25, 0.3) is 0 Å². The number of ether oxygens (including phenoxy) is 1. The van der Waals surface area contributed by atoms with Crippen molar-refractivity contribution in [2.45, 2.75) is 25.3 Å². The Morgan fingerprint density at radius 3 is 2.71 bits per heavy atom. The molecule has 0 bridgehead atoms. The highest BCUT2D eigenvalue weighted by atomic mass is 16.5. The maximum Gasteiger partial charge on any atom is 0.305 e. The van der Waals surface area contributed by atoms with Crippen LogP contribution >= 0.6 is 0 Å². The van der Waals surface area contributed by atoms with E-state index in [-0.39, 0.29) is 12.5 Å². The molecule has 3 rings (SSSR count). The molecule has 0 aliphatic heterocycles. The lowest BCUT2D eigenvalue weighted by molar-refractivity contribution is -0.138. The monoisotopic (exact) mass is 288 g/mol. The maximum atomic E-state index is 11.1. The Balaban J connectivity index is 1.92.